The van der Waals surface area contributed by atoms with Crippen LogP contribution in [-0.4, -0.2) is 27.2 Å². The van der Waals surface area contributed by atoms with E-state index in [0.29, 0.717) is 34.6 Å². The summed E-state index contributed by atoms with van der Waals surface area (Å²) >= 11 is 12.2. The first kappa shape index (κ1) is 17.1. The maximum atomic E-state index is 11.9. The molecule has 0 saturated carbocycles. The lowest BCUT2D eigenvalue weighted by Gasteiger charge is -2.12. The predicted molar refractivity (Wildman–Crippen MR) is 85.8 cm³/mol. The highest BCUT2D eigenvalue weighted by atomic mass is 79.9. The largest absolute Gasteiger partial charge is 0.495 e. The fraction of sp³-hybridized carbons (Fsp3) is 0.455. The minimum atomic E-state index is -3.38. The van der Waals surface area contributed by atoms with E-state index in [1.165, 1.54) is 7.11 Å². The second-order valence-corrected chi connectivity index (χ2v) is 7.71. The highest BCUT2D eigenvalue weighted by molar-refractivity contribution is 9.11. The van der Waals surface area contributed by atoms with Gasteiger partial charge >= 0.3 is 0 Å². The van der Waals surface area contributed by atoms with Gasteiger partial charge in [-0.05, 0) is 50.8 Å². The van der Waals surface area contributed by atoms with Gasteiger partial charge < -0.3 is 4.74 Å². The minimum absolute atomic E-state index is 0.0462. The second kappa shape index (κ2) is 7.71. The molecule has 0 amide bonds. The molecule has 0 bridgehead atoms. The van der Waals surface area contributed by atoms with Crippen molar-refractivity contribution in [1.29, 1.82) is 0 Å². The lowest BCUT2D eigenvalue weighted by atomic mass is 10.3. The van der Waals surface area contributed by atoms with Crippen molar-refractivity contribution in [1.82, 2.24) is 0 Å². The third-order valence-electron chi connectivity index (χ3n) is 2.30. The van der Waals surface area contributed by atoms with E-state index >= 15 is 0 Å². The van der Waals surface area contributed by atoms with Crippen molar-refractivity contribution in [3.05, 3.63) is 21.1 Å². The molecule has 0 unspecified atom stereocenters. The maximum absolute atomic E-state index is 11.9. The number of anilines is 1. The Morgan fingerprint density at radius 1 is 1.26 bits per heavy atom. The Labute approximate surface area is 135 Å². The van der Waals surface area contributed by atoms with Gasteiger partial charge in [0.25, 0.3) is 0 Å². The summed E-state index contributed by atoms with van der Waals surface area (Å²) in [5, 5.41) is 0. The predicted octanol–water partition coefficient (Wildman–Crippen LogP) is 3.98. The van der Waals surface area contributed by atoms with E-state index in [0.717, 1.165) is 4.47 Å². The molecule has 0 fully saturated rings. The van der Waals surface area contributed by atoms with Gasteiger partial charge in [-0.3, -0.25) is 4.72 Å². The molecule has 0 radical (unpaired) electrons. The smallest absolute Gasteiger partial charge is 0.232 e. The van der Waals surface area contributed by atoms with Gasteiger partial charge in [0.1, 0.15) is 5.75 Å². The molecule has 0 aliphatic rings. The third-order valence-corrected chi connectivity index (χ3v) is 5.20. The molecule has 0 aromatic heterocycles. The Morgan fingerprint density at radius 3 is 2.53 bits per heavy atom. The van der Waals surface area contributed by atoms with Crippen LogP contribution in [0.1, 0.15) is 12.8 Å². The van der Waals surface area contributed by atoms with Gasteiger partial charge in [0.05, 0.1) is 23.0 Å². The number of nitrogens with one attached hydrogen (secondary N) is 1. The number of halogens is 3. The Balaban J connectivity index is 2.87. The summed E-state index contributed by atoms with van der Waals surface area (Å²) in [7, 11) is -1.86. The number of rotatable bonds is 7. The van der Waals surface area contributed by atoms with E-state index in [1.807, 2.05) is 0 Å². The molecule has 0 spiro atoms. The fourth-order valence-electron chi connectivity index (χ4n) is 1.37. The normalized spacial score (nSPS) is 11.4. The van der Waals surface area contributed by atoms with Crippen molar-refractivity contribution in [2.75, 3.05) is 23.5 Å². The van der Waals surface area contributed by atoms with E-state index in [-0.39, 0.29) is 5.75 Å². The molecule has 0 aliphatic heterocycles. The van der Waals surface area contributed by atoms with Gasteiger partial charge in [-0.2, -0.15) is 0 Å². The fourth-order valence-corrected chi connectivity index (χ4v) is 4.13. The third kappa shape index (κ3) is 5.49. The number of methoxy groups -OCH3 is 1. The standard InChI is InChI=1S/C11H14Br2ClNO3S/c1-18-11-7-10(8(12)6-9(11)13)15-19(16,17)5-3-2-4-14/h6-7,15H,2-5H2,1H3. The van der Waals surface area contributed by atoms with Crippen LogP contribution >= 0.6 is 43.5 Å². The van der Waals surface area contributed by atoms with Crippen LogP contribution in [0.4, 0.5) is 5.69 Å². The molecule has 1 rings (SSSR count). The molecule has 19 heavy (non-hydrogen) atoms. The molecular formula is C11H14Br2ClNO3S. The molecule has 8 heteroatoms. The summed E-state index contributed by atoms with van der Waals surface area (Å²) in [5.41, 5.74) is 0.450. The summed E-state index contributed by atoms with van der Waals surface area (Å²) in [4.78, 5) is 0. The highest BCUT2D eigenvalue weighted by Crippen LogP contribution is 2.35. The second-order valence-electron chi connectivity index (χ2n) is 3.78. The van der Waals surface area contributed by atoms with E-state index in [2.05, 4.69) is 36.6 Å². The molecule has 0 heterocycles. The van der Waals surface area contributed by atoms with Crippen LogP contribution in [0.2, 0.25) is 0 Å². The van der Waals surface area contributed by atoms with Gasteiger partial charge in [-0.15, -0.1) is 11.6 Å². The van der Waals surface area contributed by atoms with E-state index in [9.17, 15) is 8.42 Å². The lowest BCUT2D eigenvalue weighted by Crippen LogP contribution is -2.17. The first-order valence-electron chi connectivity index (χ1n) is 5.49. The quantitative estimate of drug-likeness (QED) is 0.521. The molecule has 0 atom stereocenters. The summed E-state index contributed by atoms with van der Waals surface area (Å²) < 4.78 is 32.8. The summed E-state index contributed by atoms with van der Waals surface area (Å²) in [6, 6.07) is 3.35. The number of sulfonamides is 1. The van der Waals surface area contributed by atoms with Crippen LogP contribution in [0.3, 0.4) is 0 Å². The molecule has 0 saturated heterocycles. The number of hydrogen-bond acceptors (Lipinski definition) is 3. The molecule has 0 aliphatic carbocycles. The Hall–Kier alpha value is 0.0200. The first-order valence-corrected chi connectivity index (χ1v) is 9.26. The van der Waals surface area contributed by atoms with Gasteiger partial charge in [-0.25, -0.2) is 8.42 Å². The monoisotopic (exact) mass is 433 g/mol. The van der Waals surface area contributed by atoms with Gasteiger partial charge in [0.15, 0.2) is 0 Å². The Bertz CT molecular complexity index is 537. The Morgan fingerprint density at radius 2 is 1.95 bits per heavy atom. The molecule has 108 valence electrons. The lowest BCUT2D eigenvalue weighted by molar-refractivity contribution is 0.412. The number of benzene rings is 1. The zero-order chi connectivity index (χ0) is 14.5. The van der Waals surface area contributed by atoms with E-state index < -0.39 is 10.0 Å². The number of hydrogen-bond donors (Lipinski definition) is 1. The summed E-state index contributed by atoms with van der Waals surface area (Å²) in [6.07, 6.45) is 1.21. The van der Waals surface area contributed by atoms with Gasteiger partial charge in [-0.1, -0.05) is 0 Å². The first-order chi connectivity index (χ1) is 8.89. The molecule has 1 aromatic rings. The van der Waals surface area contributed by atoms with Crippen molar-refractivity contribution in [2.45, 2.75) is 12.8 Å². The van der Waals surface area contributed by atoms with Gasteiger partial charge in [0.2, 0.25) is 10.0 Å². The average molecular weight is 436 g/mol. The SMILES string of the molecule is COc1cc(NS(=O)(=O)CCCCCl)c(Br)cc1Br. The zero-order valence-electron chi connectivity index (χ0n) is 10.3. The van der Waals surface area contributed by atoms with Crippen molar-refractivity contribution < 1.29 is 13.2 Å². The molecular weight excluding hydrogens is 421 g/mol. The maximum Gasteiger partial charge on any atom is 0.232 e. The van der Waals surface area contributed by atoms with Crippen LogP contribution in [0.15, 0.2) is 21.1 Å². The molecule has 1 N–H and O–H groups in total. The number of alkyl halides is 1. The summed E-state index contributed by atoms with van der Waals surface area (Å²) in [5.74, 6) is 1.07. The van der Waals surface area contributed by atoms with Crippen LogP contribution in [0.5, 0.6) is 5.75 Å². The van der Waals surface area contributed by atoms with Crippen molar-refractivity contribution >= 4 is 59.2 Å². The molecule has 4 nitrogen and oxygen atoms in total. The van der Waals surface area contributed by atoms with Crippen molar-refractivity contribution in [3.8, 4) is 5.75 Å². The molecule has 1 aromatic carbocycles. The van der Waals surface area contributed by atoms with E-state index in [4.69, 9.17) is 16.3 Å². The number of ether oxygens (including phenoxy) is 1. The topological polar surface area (TPSA) is 55.4 Å². The van der Waals surface area contributed by atoms with Crippen LogP contribution in [0.25, 0.3) is 0 Å². The minimum Gasteiger partial charge on any atom is -0.495 e. The van der Waals surface area contributed by atoms with Crippen LogP contribution in [-0.2, 0) is 10.0 Å². The van der Waals surface area contributed by atoms with Crippen LogP contribution in [0, 0.1) is 0 Å². The summed E-state index contributed by atoms with van der Waals surface area (Å²) in [6.45, 7) is 0. The Kier molecular flexibility index (Phi) is 6.93. The highest BCUT2D eigenvalue weighted by Gasteiger charge is 2.14. The zero-order valence-corrected chi connectivity index (χ0v) is 15.0. The van der Waals surface area contributed by atoms with Crippen LogP contribution < -0.4 is 9.46 Å². The number of unbranched alkanes of at least 4 members (excludes halogenated alkanes) is 1. The van der Waals surface area contributed by atoms with Crippen molar-refractivity contribution in [2.24, 2.45) is 0 Å². The van der Waals surface area contributed by atoms with E-state index in [1.54, 1.807) is 12.1 Å². The van der Waals surface area contributed by atoms with Gasteiger partial charge in [0, 0.05) is 16.4 Å². The average Bonchev–Trinajstić information content (AvgIpc) is 2.32. The van der Waals surface area contributed by atoms with Crippen molar-refractivity contribution in [3.63, 3.8) is 0 Å².